The summed E-state index contributed by atoms with van der Waals surface area (Å²) in [7, 11) is 0. The van der Waals surface area contributed by atoms with E-state index >= 15 is 0 Å². The van der Waals surface area contributed by atoms with E-state index in [1.54, 1.807) is 6.07 Å². The Labute approximate surface area is 122 Å². The van der Waals surface area contributed by atoms with Crippen molar-refractivity contribution in [1.82, 2.24) is 0 Å². The minimum Gasteiger partial charge on any atom is -0.298 e. The molecule has 2 rings (SSSR count). The fourth-order valence-corrected chi connectivity index (χ4v) is 2.63. The van der Waals surface area contributed by atoms with Crippen molar-refractivity contribution in [3.8, 4) is 0 Å². The van der Waals surface area contributed by atoms with Crippen molar-refractivity contribution in [3.05, 3.63) is 62.6 Å². The van der Waals surface area contributed by atoms with Crippen LogP contribution in [0.25, 0.3) is 0 Å². The molecule has 4 nitrogen and oxygen atoms in total. The van der Waals surface area contributed by atoms with Gasteiger partial charge in [-0.15, -0.1) is 0 Å². The molecule has 0 bridgehead atoms. The lowest BCUT2D eigenvalue weighted by molar-refractivity contribution is -0.385. The highest BCUT2D eigenvalue weighted by atomic mass is 79.9. The monoisotopic (exact) mass is 337 g/mol. The minimum atomic E-state index is -0.558. The summed E-state index contributed by atoms with van der Waals surface area (Å²) >= 11 is 4.79. The summed E-state index contributed by atoms with van der Waals surface area (Å²) in [5.74, 6) is 0. The van der Waals surface area contributed by atoms with Crippen LogP contribution in [0, 0.1) is 10.1 Å². The standard InChI is InChI=1S/C13H8BrNO3S/c14-10-1-3-11(4-2-10)19-12-5-6-13(15(17)18)9(7-12)8-16/h1-8H. The smallest absolute Gasteiger partial charge is 0.279 e. The lowest BCUT2D eigenvalue weighted by atomic mass is 10.2. The van der Waals surface area contributed by atoms with Crippen molar-refractivity contribution in [2.24, 2.45) is 0 Å². The molecule has 0 radical (unpaired) electrons. The number of benzene rings is 2. The zero-order valence-electron chi connectivity index (χ0n) is 9.58. The van der Waals surface area contributed by atoms with Gasteiger partial charge in [0, 0.05) is 20.3 Å². The third-order valence-corrected chi connectivity index (χ3v) is 3.90. The highest BCUT2D eigenvalue weighted by Gasteiger charge is 2.13. The lowest BCUT2D eigenvalue weighted by Gasteiger charge is -2.03. The summed E-state index contributed by atoms with van der Waals surface area (Å²) < 4.78 is 0.981. The SMILES string of the molecule is O=Cc1cc(Sc2ccc(Br)cc2)ccc1[N+](=O)[O-]. The van der Waals surface area contributed by atoms with Crippen LogP contribution in [0.5, 0.6) is 0 Å². The second kappa shape index (κ2) is 5.99. The van der Waals surface area contributed by atoms with Gasteiger partial charge in [0.1, 0.15) is 0 Å². The summed E-state index contributed by atoms with van der Waals surface area (Å²) in [6.07, 6.45) is 0.504. The number of hydrogen-bond donors (Lipinski definition) is 0. The molecule has 0 aliphatic heterocycles. The third-order valence-electron chi connectivity index (χ3n) is 2.37. The third kappa shape index (κ3) is 3.42. The van der Waals surface area contributed by atoms with Gasteiger partial charge in [0.15, 0.2) is 6.29 Å². The molecule has 6 heteroatoms. The molecule has 0 saturated heterocycles. The summed E-state index contributed by atoms with van der Waals surface area (Å²) in [6, 6.07) is 12.2. The molecule has 2 aromatic carbocycles. The quantitative estimate of drug-likeness (QED) is 0.473. The number of carbonyl (C=O) groups is 1. The Balaban J connectivity index is 2.29. The van der Waals surface area contributed by atoms with E-state index in [4.69, 9.17) is 0 Å². The molecule has 0 saturated carbocycles. The van der Waals surface area contributed by atoms with Gasteiger partial charge < -0.3 is 0 Å². The molecule has 0 aliphatic carbocycles. The molecule has 0 spiro atoms. The maximum Gasteiger partial charge on any atom is 0.279 e. The Morgan fingerprint density at radius 3 is 2.32 bits per heavy atom. The fraction of sp³-hybridized carbons (Fsp3) is 0. The number of nitro groups is 1. The zero-order chi connectivity index (χ0) is 13.8. The lowest BCUT2D eigenvalue weighted by Crippen LogP contribution is -1.94. The van der Waals surface area contributed by atoms with Crippen molar-refractivity contribution < 1.29 is 9.72 Å². The van der Waals surface area contributed by atoms with Crippen LogP contribution in [0.15, 0.2) is 56.7 Å². The number of nitro benzene ring substituents is 1. The van der Waals surface area contributed by atoms with Crippen molar-refractivity contribution in [3.63, 3.8) is 0 Å². The van der Waals surface area contributed by atoms with Gasteiger partial charge in [0.05, 0.1) is 10.5 Å². The van der Waals surface area contributed by atoms with E-state index in [1.165, 1.54) is 23.9 Å². The molecule has 0 aliphatic rings. The molecule has 19 heavy (non-hydrogen) atoms. The molecular formula is C13H8BrNO3S. The van der Waals surface area contributed by atoms with Gasteiger partial charge in [0.2, 0.25) is 0 Å². The van der Waals surface area contributed by atoms with E-state index in [9.17, 15) is 14.9 Å². The van der Waals surface area contributed by atoms with Crippen LogP contribution in [0.1, 0.15) is 10.4 Å². The molecule has 0 N–H and O–H groups in total. The van der Waals surface area contributed by atoms with Crippen LogP contribution < -0.4 is 0 Å². The second-order valence-corrected chi connectivity index (χ2v) is 5.71. The number of aldehydes is 1. The first kappa shape index (κ1) is 13.8. The largest absolute Gasteiger partial charge is 0.298 e. The Morgan fingerprint density at radius 1 is 1.11 bits per heavy atom. The van der Waals surface area contributed by atoms with Crippen LogP contribution >= 0.6 is 27.7 Å². The van der Waals surface area contributed by atoms with Crippen molar-refractivity contribution >= 4 is 39.7 Å². The number of hydrogen-bond acceptors (Lipinski definition) is 4. The normalized spacial score (nSPS) is 10.2. The average Bonchev–Trinajstić information content (AvgIpc) is 2.41. The Hall–Kier alpha value is -1.66. The van der Waals surface area contributed by atoms with Crippen LogP contribution in [0.3, 0.4) is 0 Å². The first-order valence-electron chi connectivity index (χ1n) is 5.27. The fourth-order valence-electron chi connectivity index (χ4n) is 1.50. The number of rotatable bonds is 4. The predicted molar refractivity (Wildman–Crippen MR) is 76.7 cm³/mol. The predicted octanol–water partition coefficient (Wildman–Crippen LogP) is 4.32. The van der Waals surface area contributed by atoms with E-state index in [-0.39, 0.29) is 11.3 Å². The molecule has 0 amide bonds. The van der Waals surface area contributed by atoms with Gasteiger partial charge >= 0.3 is 0 Å². The Kier molecular flexibility index (Phi) is 4.34. The average molecular weight is 338 g/mol. The van der Waals surface area contributed by atoms with Gasteiger partial charge in [-0.05, 0) is 36.4 Å². The first-order valence-corrected chi connectivity index (χ1v) is 6.88. The Morgan fingerprint density at radius 2 is 1.74 bits per heavy atom. The summed E-state index contributed by atoms with van der Waals surface area (Å²) in [5, 5.41) is 10.7. The molecule has 2 aromatic rings. The summed E-state index contributed by atoms with van der Waals surface area (Å²) in [6.45, 7) is 0. The highest BCUT2D eigenvalue weighted by Crippen LogP contribution is 2.31. The molecule has 0 fully saturated rings. The first-order chi connectivity index (χ1) is 9.10. The number of carbonyl (C=O) groups excluding carboxylic acids is 1. The van der Waals surface area contributed by atoms with E-state index in [1.807, 2.05) is 24.3 Å². The number of halogens is 1. The van der Waals surface area contributed by atoms with E-state index in [0.29, 0.717) is 6.29 Å². The molecule has 0 aromatic heterocycles. The molecule has 0 atom stereocenters. The van der Waals surface area contributed by atoms with Gasteiger partial charge in [-0.2, -0.15) is 0 Å². The molecule has 0 unspecified atom stereocenters. The van der Waals surface area contributed by atoms with Crippen LogP contribution in [-0.2, 0) is 0 Å². The highest BCUT2D eigenvalue weighted by molar-refractivity contribution is 9.10. The minimum absolute atomic E-state index is 0.0899. The van der Waals surface area contributed by atoms with Gasteiger partial charge in [0.25, 0.3) is 5.69 Å². The van der Waals surface area contributed by atoms with E-state index in [2.05, 4.69) is 15.9 Å². The van der Waals surface area contributed by atoms with Crippen molar-refractivity contribution in [1.29, 1.82) is 0 Å². The molecular weight excluding hydrogens is 330 g/mol. The van der Waals surface area contributed by atoms with Gasteiger partial charge in [-0.3, -0.25) is 14.9 Å². The molecule has 0 heterocycles. The topological polar surface area (TPSA) is 60.2 Å². The molecule has 96 valence electrons. The van der Waals surface area contributed by atoms with E-state index < -0.39 is 4.92 Å². The van der Waals surface area contributed by atoms with Gasteiger partial charge in [-0.25, -0.2) is 0 Å². The van der Waals surface area contributed by atoms with E-state index in [0.717, 1.165) is 14.3 Å². The number of nitrogens with zero attached hydrogens (tertiary/aromatic N) is 1. The van der Waals surface area contributed by atoms with Crippen molar-refractivity contribution in [2.45, 2.75) is 9.79 Å². The summed E-state index contributed by atoms with van der Waals surface area (Å²) in [5.41, 5.74) is -0.0812. The zero-order valence-corrected chi connectivity index (χ0v) is 12.0. The van der Waals surface area contributed by atoms with Crippen molar-refractivity contribution in [2.75, 3.05) is 0 Å². The Bertz CT molecular complexity index is 628. The van der Waals surface area contributed by atoms with Crippen LogP contribution in [-0.4, -0.2) is 11.2 Å². The second-order valence-electron chi connectivity index (χ2n) is 3.65. The van der Waals surface area contributed by atoms with Crippen LogP contribution in [0.4, 0.5) is 5.69 Å². The van der Waals surface area contributed by atoms with Gasteiger partial charge in [-0.1, -0.05) is 27.7 Å². The van der Waals surface area contributed by atoms with Crippen LogP contribution in [0.2, 0.25) is 0 Å². The maximum atomic E-state index is 10.9. The summed E-state index contributed by atoms with van der Waals surface area (Å²) in [4.78, 5) is 22.8. The maximum absolute atomic E-state index is 10.9.